The van der Waals surface area contributed by atoms with E-state index in [2.05, 4.69) is 43.9 Å². The Kier molecular flexibility index (Phi) is 6.83. The Labute approximate surface area is 157 Å². The molecule has 0 amide bonds. The lowest BCUT2D eigenvalue weighted by molar-refractivity contribution is -0.131. The van der Waals surface area contributed by atoms with E-state index in [0.29, 0.717) is 20.0 Å². The van der Waals surface area contributed by atoms with Crippen LogP contribution in [0.2, 0.25) is 0 Å². The summed E-state index contributed by atoms with van der Waals surface area (Å²) in [5.41, 5.74) is 1.94. The van der Waals surface area contributed by atoms with E-state index >= 15 is 0 Å². The molecule has 0 fully saturated rings. The van der Waals surface area contributed by atoms with Crippen LogP contribution >= 0.6 is 0 Å². The molecule has 0 saturated carbocycles. The van der Waals surface area contributed by atoms with Crippen LogP contribution in [0, 0.1) is 5.41 Å². The van der Waals surface area contributed by atoms with Gasteiger partial charge in [0.2, 0.25) is 0 Å². The van der Waals surface area contributed by atoms with Crippen LogP contribution in [0.5, 0.6) is 5.75 Å². The lowest BCUT2D eigenvalue weighted by atomic mass is 9.91. The Morgan fingerprint density at radius 3 is 2.58 bits per heavy atom. The molecule has 0 spiro atoms. The molecule has 5 heteroatoms. The van der Waals surface area contributed by atoms with Crippen molar-refractivity contribution in [3.05, 3.63) is 29.3 Å². The Balaban J connectivity index is 1.92. The summed E-state index contributed by atoms with van der Waals surface area (Å²) >= 11 is 0. The summed E-state index contributed by atoms with van der Waals surface area (Å²) in [7, 11) is 0. The van der Waals surface area contributed by atoms with Gasteiger partial charge >= 0.3 is 0 Å². The summed E-state index contributed by atoms with van der Waals surface area (Å²) in [6, 6.07) is 6.29. The number of ether oxygens (including phenoxy) is 3. The van der Waals surface area contributed by atoms with Crippen molar-refractivity contribution in [2.45, 2.75) is 60.2 Å². The first kappa shape index (κ1) is 20.9. The Bertz CT molecular complexity index is 613. The molecule has 0 radical (unpaired) electrons. The van der Waals surface area contributed by atoms with Gasteiger partial charge in [0.1, 0.15) is 12.4 Å². The number of hydrogen-bond donors (Lipinski definition) is 0. The number of carbonyl (C=O) groups excluding carboxylic acids is 1. The second kappa shape index (κ2) is 8.51. The molecule has 0 bridgehead atoms. The highest BCUT2D eigenvalue weighted by molar-refractivity contribution is 5.84. The van der Waals surface area contributed by atoms with Gasteiger partial charge in [-0.3, -0.25) is 9.69 Å². The number of rotatable bonds is 7. The number of ketones is 1. The third-order valence-electron chi connectivity index (χ3n) is 4.58. The molecule has 5 nitrogen and oxygen atoms in total. The fraction of sp³-hybridized carbons (Fsp3) is 0.667. The van der Waals surface area contributed by atoms with Gasteiger partial charge in [0.25, 0.3) is 0 Å². The van der Waals surface area contributed by atoms with Crippen LogP contribution < -0.4 is 4.74 Å². The quantitative estimate of drug-likeness (QED) is 0.690. The normalized spacial score (nSPS) is 14.9. The molecule has 1 aromatic carbocycles. The molecular weight excluding hydrogens is 330 g/mol. The second-order valence-electron chi connectivity index (χ2n) is 8.87. The molecule has 146 valence electrons. The van der Waals surface area contributed by atoms with Gasteiger partial charge in [0.15, 0.2) is 12.6 Å². The molecule has 0 aromatic heterocycles. The third kappa shape index (κ3) is 6.08. The van der Waals surface area contributed by atoms with Crippen molar-refractivity contribution in [1.29, 1.82) is 0 Å². The molecular formula is C21H33NO4. The number of fused-ring (bicyclic) bond motifs is 1. The van der Waals surface area contributed by atoms with E-state index in [1.165, 1.54) is 5.56 Å². The van der Waals surface area contributed by atoms with Gasteiger partial charge in [0, 0.05) is 29.6 Å². The monoisotopic (exact) mass is 363 g/mol. The van der Waals surface area contributed by atoms with Crippen LogP contribution in [0.3, 0.4) is 0 Å². The van der Waals surface area contributed by atoms with Crippen molar-refractivity contribution in [3.63, 3.8) is 0 Å². The largest absolute Gasteiger partial charge is 0.467 e. The van der Waals surface area contributed by atoms with E-state index in [-0.39, 0.29) is 23.3 Å². The van der Waals surface area contributed by atoms with Gasteiger partial charge in [-0.1, -0.05) is 32.9 Å². The summed E-state index contributed by atoms with van der Waals surface area (Å²) in [5.74, 6) is 1.04. The molecule has 1 heterocycles. The van der Waals surface area contributed by atoms with Crippen LogP contribution in [-0.2, 0) is 27.4 Å². The van der Waals surface area contributed by atoms with Crippen molar-refractivity contribution < 1.29 is 19.0 Å². The molecule has 2 rings (SSSR count). The lowest BCUT2D eigenvalue weighted by Crippen LogP contribution is -2.43. The molecule has 1 aliphatic rings. The van der Waals surface area contributed by atoms with Crippen LogP contribution in [-0.4, -0.2) is 42.8 Å². The van der Waals surface area contributed by atoms with Gasteiger partial charge in [-0.15, -0.1) is 0 Å². The predicted molar refractivity (Wildman–Crippen MR) is 102 cm³/mol. The number of benzene rings is 1. The van der Waals surface area contributed by atoms with Crippen molar-refractivity contribution >= 4 is 5.78 Å². The maximum Gasteiger partial charge on any atom is 0.189 e. The Morgan fingerprint density at radius 1 is 1.19 bits per heavy atom. The van der Waals surface area contributed by atoms with Gasteiger partial charge in [-0.2, -0.15) is 0 Å². The topological polar surface area (TPSA) is 48.0 Å². The maximum absolute atomic E-state index is 12.0. The average Bonchev–Trinajstić information content (AvgIpc) is 2.55. The minimum Gasteiger partial charge on any atom is -0.467 e. The zero-order valence-electron chi connectivity index (χ0n) is 17.1. The minimum atomic E-state index is -0.351. The first-order valence-electron chi connectivity index (χ1n) is 9.26. The highest BCUT2D eigenvalue weighted by atomic mass is 16.7. The first-order valence-corrected chi connectivity index (χ1v) is 9.26. The van der Waals surface area contributed by atoms with Gasteiger partial charge < -0.3 is 14.2 Å². The summed E-state index contributed by atoms with van der Waals surface area (Å²) in [5, 5.41) is 0. The number of nitrogens with zero attached hydrogens (tertiary/aromatic N) is 1. The standard InChI is InChI=1S/C21H33NO4/c1-20(2,3)19(23)14-24-10-9-22(21(4,5)6)12-16-7-8-17-13-25-15-26-18(17)11-16/h7-8,11H,9-10,12-15H2,1-6H3. The molecule has 0 unspecified atom stereocenters. The highest BCUT2D eigenvalue weighted by Crippen LogP contribution is 2.26. The van der Waals surface area contributed by atoms with Crippen molar-refractivity contribution in [1.82, 2.24) is 4.90 Å². The van der Waals surface area contributed by atoms with E-state index < -0.39 is 0 Å². The van der Waals surface area contributed by atoms with Crippen LogP contribution in [0.1, 0.15) is 52.7 Å². The maximum atomic E-state index is 12.0. The Morgan fingerprint density at radius 2 is 1.92 bits per heavy atom. The SMILES string of the molecule is CC(C)(C)C(=O)COCCN(Cc1ccc2c(c1)OCOC2)C(C)(C)C. The van der Waals surface area contributed by atoms with E-state index in [4.69, 9.17) is 14.2 Å². The second-order valence-corrected chi connectivity index (χ2v) is 8.87. The number of hydrogen-bond acceptors (Lipinski definition) is 5. The zero-order chi connectivity index (χ0) is 19.4. The van der Waals surface area contributed by atoms with Gasteiger partial charge in [-0.05, 0) is 32.4 Å². The Hall–Kier alpha value is -1.43. The minimum absolute atomic E-state index is 0.00271. The van der Waals surface area contributed by atoms with E-state index in [0.717, 1.165) is 24.4 Å². The molecule has 0 atom stereocenters. The average molecular weight is 363 g/mol. The molecule has 0 saturated heterocycles. The zero-order valence-corrected chi connectivity index (χ0v) is 17.1. The molecule has 0 aliphatic carbocycles. The van der Waals surface area contributed by atoms with Crippen molar-refractivity contribution in [2.75, 3.05) is 26.6 Å². The third-order valence-corrected chi connectivity index (χ3v) is 4.58. The van der Waals surface area contributed by atoms with Crippen molar-refractivity contribution in [2.24, 2.45) is 5.41 Å². The van der Waals surface area contributed by atoms with E-state index in [1.807, 2.05) is 20.8 Å². The first-order chi connectivity index (χ1) is 12.1. The predicted octanol–water partition coefficient (Wildman–Crippen LogP) is 3.79. The van der Waals surface area contributed by atoms with Crippen LogP contribution in [0.15, 0.2) is 18.2 Å². The molecule has 26 heavy (non-hydrogen) atoms. The summed E-state index contributed by atoms with van der Waals surface area (Å²) in [6.45, 7) is 15.5. The fourth-order valence-electron chi connectivity index (χ4n) is 2.64. The highest BCUT2D eigenvalue weighted by Gasteiger charge is 2.24. The molecule has 1 aliphatic heterocycles. The molecule has 1 aromatic rings. The van der Waals surface area contributed by atoms with E-state index in [9.17, 15) is 4.79 Å². The smallest absolute Gasteiger partial charge is 0.189 e. The van der Waals surface area contributed by atoms with Crippen molar-refractivity contribution in [3.8, 4) is 5.75 Å². The fourth-order valence-corrected chi connectivity index (χ4v) is 2.64. The number of carbonyl (C=O) groups is 1. The van der Waals surface area contributed by atoms with E-state index in [1.54, 1.807) is 0 Å². The summed E-state index contributed by atoms with van der Waals surface area (Å²) < 4.78 is 16.5. The van der Waals surface area contributed by atoms with Gasteiger partial charge in [-0.25, -0.2) is 0 Å². The molecule has 0 N–H and O–H groups in total. The van der Waals surface area contributed by atoms with Gasteiger partial charge in [0.05, 0.1) is 13.2 Å². The number of Topliss-reactive ketones (excluding diaryl/α,β-unsaturated/α-hetero) is 1. The lowest BCUT2D eigenvalue weighted by Gasteiger charge is -2.36. The summed E-state index contributed by atoms with van der Waals surface area (Å²) in [6.07, 6.45) is 0. The summed E-state index contributed by atoms with van der Waals surface area (Å²) in [4.78, 5) is 14.3. The van der Waals surface area contributed by atoms with Crippen LogP contribution in [0.25, 0.3) is 0 Å². The van der Waals surface area contributed by atoms with Crippen LogP contribution in [0.4, 0.5) is 0 Å².